The molecule has 3 heterocycles. The van der Waals surface area contributed by atoms with Gasteiger partial charge in [0.15, 0.2) is 0 Å². The number of para-hydroxylation sites is 1. The van der Waals surface area contributed by atoms with Crippen LogP contribution in [0.2, 0.25) is 0 Å². The van der Waals surface area contributed by atoms with Crippen LogP contribution in [-0.2, 0) is 30.0 Å². The Kier molecular flexibility index (Phi) is 4.11. The number of carbonyl (C=O) groups is 1. The van der Waals surface area contributed by atoms with Crippen molar-refractivity contribution in [2.45, 2.75) is 18.5 Å². The molecule has 0 saturated heterocycles. The fraction of sp³-hybridized carbons (Fsp3) is 0.316. The average molecular weight is 384 g/mol. The number of nitrogens with one attached hydrogen (secondary N) is 2. The molecule has 0 radical (unpaired) electrons. The number of hydrogen-bond acceptors (Lipinski definition) is 6. The molecule has 0 fully saturated rings. The molecule has 1 aliphatic rings. The molecule has 9 heteroatoms. The van der Waals surface area contributed by atoms with Gasteiger partial charge in [0.1, 0.15) is 11.6 Å². The van der Waals surface area contributed by atoms with E-state index in [1.165, 1.54) is 21.2 Å². The molecule has 2 aromatic heterocycles. The number of esters is 1. The van der Waals surface area contributed by atoms with Crippen molar-refractivity contribution >= 4 is 16.9 Å². The van der Waals surface area contributed by atoms with Crippen LogP contribution in [0.3, 0.4) is 0 Å². The van der Waals surface area contributed by atoms with Gasteiger partial charge in [0, 0.05) is 37.1 Å². The normalized spacial score (nSPS) is 18.8. The second-order valence-electron chi connectivity index (χ2n) is 6.89. The highest BCUT2D eigenvalue weighted by Gasteiger charge is 2.37. The van der Waals surface area contributed by atoms with Gasteiger partial charge < -0.3 is 14.8 Å². The lowest BCUT2D eigenvalue weighted by atomic mass is 9.91. The number of H-pyrrole nitrogens is 1. The predicted octanol–water partition coefficient (Wildman–Crippen LogP) is 0.0476. The Morgan fingerprint density at radius 2 is 1.93 bits per heavy atom. The van der Waals surface area contributed by atoms with Crippen LogP contribution in [0.5, 0.6) is 5.88 Å². The van der Waals surface area contributed by atoms with E-state index in [-0.39, 0.29) is 5.56 Å². The maximum Gasteiger partial charge on any atom is 0.333 e. The summed E-state index contributed by atoms with van der Waals surface area (Å²) in [5.74, 6) is -0.914. The van der Waals surface area contributed by atoms with E-state index in [1.54, 1.807) is 0 Å². The molecule has 1 aliphatic heterocycles. The third-order valence-electron chi connectivity index (χ3n) is 5.35. The second-order valence-corrected chi connectivity index (χ2v) is 6.89. The number of methoxy groups -OCH3 is 1. The van der Waals surface area contributed by atoms with Crippen LogP contribution in [0.4, 0.5) is 0 Å². The van der Waals surface area contributed by atoms with Gasteiger partial charge in [-0.15, -0.1) is 0 Å². The molecule has 146 valence electrons. The van der Waals surface area contributed by atoms with Crippen molar-refractivity contribution in [3.63, 3.8) is 0 Å². The molecular weight excluding hydrogens is 364 g/mol. The molecule has 3 N–H and O–H groups in total. The van der Waals surface area contributed by atoms with Gasteiger partial charge >= 0.3 is 11.7 Å². The van der Waals surface area contributed by atoms with E-state index in [2.05, 4.69) is 10.3 Å². The van der Waals surface area contributed by atoms with Crippen LogP contribution >= 0.6 is 0 Å². The molecule has 2 unspecified atom stereocenters. The summed E-state index contributed by atoms with van der Waals surface area (Å²) in [6.07, 6.45) is 0.370. The summed E-state index contributed by atoms with van der Waals surface area (Å²) in [4.78, 5) is 40.5. The zero-order chi connectivity index (χ0) is 20.2. The SMILES string of the molecule is COC(=O)C1Cc2c([nH]c3ccccc23)C(c2c(O)n(C)c(=O)n(C)c2=O)N1. The van der Waals surface area contributed by atoms with Gasteiger partial charge in [0.05, 0.1) is 13.2 Å². The van der Waals surface area contributed by atoms with E-state index >= 15 is 0 Å². The fourth-order valence-corrected chi connectivity index (χ4v) is 3.87. The topological polar surface area (TPSA) is 118 Å². The summed E-state index contributed by atoms with van der Waals surface area (Å²) in [6.45, 7) is 0. The number of hydrogen-bond donors (Lipinski definition) is 3. The van der Waals surface area contributed by atoms with Crippen LogP contribution in [0.1, 0.15) is 22.9 Å². The van der Waals surface area contributed by atoms with Gasteiger partial charge in [-0.2, -0.15) is 0 Å². The molecule has 0 aliphatic carbocycles. The minimum atomic E-state index is -0.814. The van der Waals surface area contributed by atoms with E-state index < -0.39 is 35.2 Å². The molecule has 0 amide bonds. The van der Waals surface area contributed by atoms with Crippen LogP contribution in [0, 0.1) is 0 Å². The molecule has 4 rings (SSSR count). The lowest BCUT2D eigenvalue weighted by molar-refractivity contribution is -0.143. The van der Waals surface area contributed by atoms with Crippen molar-refractivity contribution in [3.05, 3.63) is 61.9 Å². The standard InChI is InChI=1S/C19H20N4O5/c1-22-16(24)13(17(25)23(2)19(22)27)15-14-10(8-12(21-15)18(26)28-3)9-6-4-5-7-11(9)20-14/h4-7,12,15,20-21,24H,8H2,1-3H3. The number of aromatic nitrogens is 3. The molecule has 1 aromatic carbocycles. The van der Waals surface area contributed by atoms with Gasteiger partial charge in [0.25, 0.3) is 5.56 Å². The Balaban J connectivity index is 2.02. The zero-order valence-electron chi connectivity index (χ0n) is 15.6. The lowest BCUT2D eigenvalue weighted by Gasteiger charge is -2.30. The first-order valence-electron chi connectivity index (χ1n) is 8.77. The molecule has 0 bridgehead atoms. The number of aromatic amines is 1. The summed E-state index contributed by atoms with van der Waals surface area (Å²) < 4.78 is 6.83. The average Bonchev–Trinajstić information content (AvgIpc) is 3.09. The van der Waals surface area contributed by atoms with Crippen LogP contribution in [0.15, 0.2) is 33.9 Å². The maximum atomic E-state index is 12.9. The number of rotatable bonds is 2. The largest absolute Gasteiger partial charge is 0.494 e. The second kappa shape index (κ2) is 6.38. The molecular formula is C19H20N4O5. The quantitative estimate of drug-likeness (QED) is 0.537. The van der Waals surface area contributed by atoms with Gasteiger partial charge in [-0.05, 0) is 11.6 Å². The Labute approximate surface area is 159 Å². The summed E-state index contributed by atoms with van der Waals surface area (Å²) in [5, 5.41) is 14.6. The third kappa shape index (κ3) is 2.47. The lowest BCUT2D eigenvalue weighted by Crippen LogP contribution is -2.48. The van der Waals surface area contributed by atoms with Crippen LogP contribution in [-0.4, -0.2) is 38.3 Å². The molecule has 9 nitrogen and oxygen atoms in total. The van der Waals surface area contributed by atoms with Crippen LogP contribution in [0.25, 0.3) is 10.9 Å². The highest BCUT2D eigenvalue weighted by molar-refractivity contribution is 5.87. The summed E-state index contributed by atoms with van der Waals surface area (Å²) in [7, 11) is 4.03. The number of carbonyl (C=O) groups excluding carboxylic acids is 1. The molecule has 0 spiro atoms. The number of aromatic hydroxyl groups is 1. The first-order chi connectivity index (χ1) is 13.3. The Morgan fingerprint density at radius 1 is 1.21 bits per heavy atom. The maximum absolute atomic E-state index is 12.9. The van der Waals surface area contributed by atoms with Gasteiger partial charge in [-0.25, -0.2) is 4.79 Å². The van der Waals surface area contributed by atoms with Crippen molar-refractivity contribution in [2.24, 2.45) is 14.1 Å². The molecule has 0 saturated carbocycles. The summed E-state index contributed by atoms with van der Waals surface area (Å²) >= 11 is 0. The smallest absolute Gasteiger partial charge is 0.333 e. The van der Waals surface area contributed by atoms with Gasteiger partial charge in [-0.1, -0.05) is 18.2 Å². The van der Waals surface area contributed by atoms with E-state index in [4.69, 9.17) is 4.74 Å². The van der Waals surface area contributed by atoms with Crippen molar-refractivity contribution in [2.75, 3.05) is 7.11 Å². The third-order valence-corrected chi connectivity index (χ3v) is 5.35. The number of benzene rings is 1. The minimum Gasteiger partial charge on any atom is -0.494 e. The Bertz CT molecular complexity index is 1220. The number of fused-ring (bicyclic) bond motifs is 3. The van der Waals surface area contributed by atoms with E-state index in [0.29, 0.717) is 12.1 Å². The predicted molar refractivity (Wildman–Crippen MR) is 101 cm³/mol. The van der Waals surface area contributed by atoms with E-state index in [9.17, 15) is 19.5 Å². The molecule has 28 heavy (non-hydrogen) atoms. The van der Waals surface area contributed by atoms with Gasteiger partial charge in [0.2, 0.25) is 5.88 Å². The minimum absolute atomic E-state index is 0.00832. The summed E-state index contributed by atoms with van der Waals surface area (Å²) in [5.41, 5.74) is 1.12. The number of nitrogens with zero attached hydrogens (tertiary/aromatic N) is 2. The van der Waals surface area contributed by atoms with Crippen molar-refractivity contribution in [3.8, 4) is 5.88 Å². The zero-order valence-corrected chi connectivity index (χ0v) is 15.6. The highest BCUT2D eigenvalue weighted by atomic mass is 16.5. The molecule has 2 atom stereocenters. The molecule has 3 aromatic rings. The number of ether oxygens (including phenoxy) is 1. The van der Waals surface area contributed by atoms with Crippen LogP contribution < -0.4 is 16.6 Å². The Morgan fingerprint density at radius 3 is 2.64 bits per heavy atom. The summed E-state index contributed by atoms with van der Waals surface area (Å²) in [6, 6.07) is 6.08. The fourth-order valence-electron chi connectivity index (χ4n) is 3.87. The van der Waals surface area contributed by atoms with E-state index in [1.807, 2.05) is 24.3 Å². The first kappa shape index (κ1) is 18.1. The monoisotopic (exact) mass is 384 g/mol. The van der Waals surface area contributed by atoms with Crippen molar-refractivity contribution in [1.29, 1.82) is 0 Å². The Hall–Kier alpha value is -3.33. The van der Waals surface area contributed by atoms with Crippen molar-refractivity contribution < 1.29 is 14.6 Å². The van der Waals surface area contributed by atoms with Crippen molar-refractivity contribution in [1.82, 2.24) is 19.4 Å². The van der Waals surface area contributed by atoms with Gasteiger partial charge in [-0.3, -0.25) is 24.0 Å². The van der Waals surface area contributed by atoms with E-state index in [0.717, 1.165) is 25.6 Å². The first-order valence-corrected chi connectivity index (χ1v) is 8.77. The highest BCUT2D eigenvalue weighted by Crippen LogP contribution is 2.36.